The van der Waals surface area contributed by atoms with Gasteiger partial charge < -0.3 is 10.1 Å². The Balaban J connectivity index is 1.18. The summed E-state index contributed by atoms with van der Waals surface area (Å²) in [6, 6.07) is 16.6. The van der Waals surface area contributed by atoms with Crippen molar-refractivity contribution in [3.63, 3.8) is 0 Å². The molecule has 1 N–H and O–H groups in total. The number of aromatic nitrogens is 2. The van der Waals surface area contributed by atoms with Gasteiger partial charge in [0.25, 0.3) is 17.7 Å². The van der Waals surface area contributed by atoms with Crippen molar-refractivity contribution >= 4 is 17.7 Å². The van der Waals surface area contributed by atoms with Crippen molar-refractivity contribution in [1.29, 1.82) is 0 Å². The lowest BCUT2D eigenvalue weighted by Crippen LogP contribution is -2.42. The zero-order chi connectivity index (χ0) is 27.6. The number of hydrogen-bond acceptors (Lipinski definition) is 5. The minimum Gasteiger partial charge on any atom is -0.472 e. The van der Waals surface area contributed by atoms with E-state index in [-0.39, 0.29) is 43.5 Å². The molecule has 40 heavy (non-hydrogen) atoms. The first-order valence-corrected chi connectivity index (χ1v) is 14.5. The summed E-state index contributed by atoms with van der Waals surface area (Å²) in [5, 5.41) is 7.70. The number of nitrogens with zero attached hydrogens (tertiary/aromatic N) is 3. The van der Waals surface area contributed by atoms with E-state index in [1.165, 1.54) is 49.6 Å². The molecule has 0 radical (unpaired) electrons. The monoisotopic (exact) mass is 540 g/mol. The highest BCUT2D eigenvalue weighted by molar-refractivity contribution is 6.21. The third-order valence-corrected chi connectivity index (χ3v) is 8.90. The van der Waals surface area contributed by atoms with Crippen molar-refractivity contribution in [2.24, 2.45) is 17.8 Å². The summed E-state index contributed by atoms with van der Waals surface area (Å²) >= 11 is 0. The van der Waals surface area contributed by atoms with Crippen molar-refractivity contribution in [2.75, 3.05) is 6.54 Å². The fourth-order valence-corrected chi connectivity index (χ4v) is 6.80. The number of fused-ring (bicyclic) bond motifs is 3. The van der Waals surface area contributed by atoms with Crippen LogP contribution in [0.5, 0.6) is 5.88 Å². The van der Waals surface area contributed by atoms with E-state index in [4.69, 9.17) is 4.74 Å². The van der Waals surface area contributed by atoms with Gasteiger partial charge >= 0.3 is 0 Å². The number of carbonyl (C=O) groups is 3. The van der Waals surface area contributed by atoms with Crippen LogP contribution >= 0.6 is 0 Å². The quantitative estimate of drug-likeness (QED) is 0.382. The second-order valence-electron chi connectivity index (χ2n) is 11.6. The fraction of sp³-hybridized carbons (Fsp3) is 0.438. The number of ether oxygens (including phenoxy) is 1. The molecule has 3 amide bonds. The van der Waals surface area contributed by atoms with Gasteiger partial charge in [0.2, 0.25) is 5.88 Å². The third kappa shape index (κ3) is 5.27. The molecule has 3 aliphatic rings. The molecule has 1 aromatic heterocycles. The Kier molecular flexibility index (Phi) is 7.41. The summed E-state index contributed by atoms with van der Waals surface area (Å²) < 4.78 is 7.77. The molecule has 8 heteroatoms. The van der Waals surface area contributed by atoms with E-state index in [0.717, 1.165) is 17.4 Å². The van der Waals surface area contributed by atoms with Gasteiger partial charge in [0, 0.05) is 12.6 Å². The lowest BCUT2D eigenvalue weighted by Gasteiger charge is -2.41. The normalized spacial score (nSPS) is 22.6. The molecule has 8 nitrogen and oxygen atoms in total. The molecule has 2 aliphatic carbocycles. The summed E-state index contributed by atoms with van der Waals surface area (Å²) in [4.78, 5) is 40.5. The SMILES string of the molecule is CC(NC(=O)c1cnn(CCN2C(=O)c3ccccc3C2=O)c1OCc1ccccc1)C1CC2CCCC(C2)C1. The van der Waals surface area contributed by atoms with Crippen LogP contribution in [0.3, 0.4) is 0 Å². The molecule has 1 aliphatic heterocycles. The zero-order valence-electron chi connectivity index (χ0n) is 22.9. The van der Waals surface area contributed by atoms with Gasteiger partial charge in [-0.2, -0.15) is 5.10 Å². The van der Waals surface area contributed by atoms with Gasteiger partial charge in [-0.25, -0.2) is 4.68 Å². The Labute approximate surface area is 234 Å². The summed E-state index contributed by atoms with van der Waals surface area (Å²) in [6.45, 7) is 2.71. The van der Waals surface area contributed by atoms with Gasteiger partial charge in [-0.05, 0) is 61.6 Å². The van der Waals surface area contributed by atoms with Gasteiger partial charge in [0.15, 0.2) is 0 Å². The fourth-order valence-electron chi connectivity index (χ4n) is 6.80. The minimum atomic E-state index is -0.316. The predicted molar refractivity (Wildman–Crippen MR) is 150 cm³/mol. The first-order chi connectivity index (χ1) is 19.5. The number of nitrogens with one attached hydrogen (secondary N) is 1. The number of imide groups is 1. The Morgan fingerprint density at radius 2 is 1.60 bits per heavy atom. The van der Waals surface area contributed by atoms with E-state index in [0.29, 0.717) is 28.5 Å². The molecule has 2 aromatic carbocycles. The van der Waals surface area contributed by atoms with Crippen molar-refractivity contribution in [3.05, 3.63) is 83.0 Å². The molecule has 0 spiro atoms. The van der Waals surface area contributed by atoms with Gasteiger partial charge in [0.1, 0.15) is 12.2 Å². The summed E-state index contributed by atoms with van der Waals surface area (Å²) in [6.07, 6.45) is 9.18. The molecule has 3 aromatic rings. The molecular formula is C32H36N4O4. The highest BCUT2D eigenvalue weighted by atomic mass is 16.5. The minimum absolute atomic E-state index is 0.0552. The lowest BCUT2D eigenvalue weighted by atomic mass is 9.66. The average molecular weight is 541 g/mol. The molecule has 208 valence electrons. The average Bonchev–Trinajstić information content (AvgIpc) is 3.49. The molecule has 2 saturated carbocycles. The maximum Gasteiger partial charge on any atom is 0.261 e. The molecule has 3 atom stereocenters. The summed E-state index contributed by atoms with van der Waals surface area (Å²) in [7, 11) is 0. The van der Waals surface area contributed by atoms with Crippen LogP contribution < -0.4 is 10.1 Å². The molecule has 6 rings (SSSR count). The first-order valence-electron chi connectivity index (χ1n) is 14.5. The molecule has 0 saturated heterocycles. The predicted octanol–water partition coefficient (Wildman–Crippen LogP) is 5.09. The molecular weight excluding hydrogens is 504 g/mol. The Bertz CT molecular complexity index is 1350. The Hall–Kier alpha value is -3.94. The maximum atomic E-state index is 13.5. The third-order valence-electron chi connectivity index (χ3n) is 8.90. The van der Waals surface area contributed by atoms with Crippen LogP contribution in [0.2, 0.25) is 0 Å². The Morgan fingerprint density at radius 1 is 0.950 bits per heavy atom. The van der Waals surface area contributed by atoms with Crippen molar-refractivity contribution in [2.45, 2.75) is 64.6 Å². The zero-order valence-corrected chi connectivity index (χ0v) is 22.9. The standard InChI is InChI=1S/C32H36N4O4/c1-21(25-17-23-10-7-11-24(16-23)18-25)34-29(37)28-19-33-36(32(28)40-20-22-8-3-2-4-9-22)15-14-35-30(38)26-12-5-6-13-27(26)31(35)39/h2-6,8-9,12-13,19,21,23-25H,7,10-11,14-18,20H2,1H3,(H,34,37). The van der Waals surface area contributed by atoms with Crippen LogP contribution in [0.15, 0.2) is 60.8 Å². The van der Waals surface area contributed by atoms with Gasteiger partial charge in [-0.15, -0.1) is 0 Å². The Morgan fingerprint density at radius 3 is 2.27 bits per heavy atom. The highest BCUT2D eigenvalue weighted by Crippen LogP contribution is 2.43. The van der Waals surface area contributed by atoms with E-state index >= 15 is 0 Å². The van der Waals surface area contributed by atoms with Crippen LogP contribution in [-0.4, -0.2) is 45.0 Å². The molecule has 2 heterocycles. The number of rotatable bonds is 9. The number of benzene rings is 2. The number of amides is 3. The van der Waals surface area contributed by atoms with Crippen LogP contribution in [0.25, 0.3) is 0 Å². The summed E-state index contributed by atoms with van der Waals surface area (Å²) in [5.74, 6) is 1.54. The second kappa shape index (κ2) is 11.3. The highest BCUT2D eigenvalue weighted by Gasteiger charge is 2.36. The van der Waals surface area contributed by atoms with Crippen molar-refractivity contribution in [1.82, 2.24) is 20.0 Å². The van der Waals surface area contributed by atoms with Gasteiger partial charge in [0.05, 0.1) is 23.9 Å². The van der Waals surface area contributed by atoms with Crippen LogP contribution in [0.1, 0.15) is 82.1 Å². The molecule has 2 bridgehead atoms. The summed E-state index contributed by atoms with van der Waals surface area (Å²) in [5.41, 5.74) is 2.15. The van der Waals surface area contributed by atoms with E-state index in [1.807, 2.05) is 30.3 Å². The molecule has 3 unspecified atom stereocenters. The second-order valence-corrected chi connectivity index (χ2v) is 11.6. The van der Waals surface area contributed by atoms with Crippen molar-refractivity contribution in [3.8, 4) is 5.88 Å². The van der Waals surface area contributed by atoms with E-state index < -0.39 is 0 Å². The topological polar surface area (TPSA) is 93.5 Å². The number of carbonyl (C=O) groups excluding carboxylic acids is 3. The largest absolute Gasteiger partial charge is 0.472 e. The van der Waals surface area contributed by atoms with Crippen LogP contribution in [0.4, 0.5) is 0 Å². The van der Waals surface area contributed by atoms with Crippen LogP contribution in [0, 0.1) is 17.8 Å². The van der Waals surface area contributed by atoms with Crippen LogP contribution in [-0.2, 0) is 13.2 Å². The maximum absolute atomic E-state index is 13.5. The van der Waals surface area contributed by atoms with E-state index in [1.54, 1.807) is 28.9 Å². The van der Waals surface area contributed by atoms with Crippen molar-refractivity contribution < 1.29 is 19.1 Å². The van der Waals surface area contributed by atoms with Gasteiger partial charge in [-0.3, -0.25) is 19.3 Å². The molecule has 2 fully saturated rings. The smallest absolute Gasteiger partial charge is 0.261 e. The number of hydrogen-bond donors (Lipinski definition) is 1. The van der Waals surface area contributed by atoms with E-state index in [2.05, 4.69) is 17.3 Å². The first kappa shape index (κ1) is 26.3. The van der Waals surface area contributed by atoms with Gasteiger partial charge in [-0.1, -0.05) is 61.7 Å². The lowest BCUT2D eigenvalue weighted by molar-refractivity contribution is 0.0644. The van der Waals surface area contributed by atoms with E-state index in [9.17, 15) is 14.4 Å².